The average molecular weight is 519 g/mol. The number of aromatic nitrogens is 3. The number of carbonyl (C=O) groups excluding carboxylic acids is 1. The van der Waals surface area contributed by atoms with Crippen molar-refractivity contribution in [1.82, 2.24) is 20.2 Å². The first-order valence-corrected chi connectivity index (χ1v) is 11.5. The first kappa shape index (κ1) is 23.2. The average Bonchev–Trinajstić information content (AvgIpc) is 3.13. The first-order chi connectivity index (χ1) is 14.8. The van der Waals surface area contributed by atoms with E-state index in [0.717, 1.165) is 27.0 Å². The number of hydrogen-bond acceptors (Lipinski definition) is 5. The van der Waals surface area contributed by atoms with Gasteiger partial charge < -0.3 is 0 Å². The molecule has 1 aromatic heterocycles. The molecule has 0 fully saturated rings. The summed E-state index contributed by atoms with van der Waals surface area (Å²) in [5, 5.41) is 14.1. The Morgan fingerprint density at radius 2 is 1.84 bits per heavy atom. The molecule has 0 unspecified atom stereocenters. The van der Waals surface area contributed by atoms with Gasteiger partial charge in [0.25, 0.3) is 5.91 Å². The third-order valence-electron chi connectivity index (χ3n) is 4.19. The molecule has 0 aliphatic carbocycles. The second-order valence-electron chi connectivity index (χ2n) is 6.88. The van der Waals surface area contributed by atoms with Gasteiger partial charge >= 0.3 is 0 Å². The molecule has 9 heteroatoms. The van der Waals surface area contributed by atoms with Gasteiger partial charge in [0.1, 0.15) is 0 Å². The zero-order chi connectivity index (χ0) is 22.4. The Morgan fingerprint density at radius 3 is 2.48 bits per heavy atom. The van der Waals surface area contributed by atoms with Crippen molar-refractivity contribution in [3.8, 4) is 11.4 Å². The molecule has 0 aliphatic heterocycles. The summed E-state index contributed by atoms with van der Waals surface area (Å²) in [6, 6.07) is 15.1. The van der Waals surface area contributed by atoms with E-state index < -0.39 is 0 Å². The van der Waals surface area contributed by atoms with E-state index in [1.54, 1.807) is 12.1 Å². The molecular formula is C22H21BrClN5OS. The lowest BCUT2D eigenvalue weighted by Gasteiger charge is -2.10. The largest absolute Gasteiger partial charge is 0.298 e. The number of hydrazone groups is 1. The zero-order valence-electron chi connectivity index (χ0n) is 17.1. The molecule has 3 aromatic rings. The zero-order valence-corrected chi connectivity index (χ0v) is 20.3. The summed E-state index contributed by atoms with van der Waals surface area (Å²) in [6.45, 7) is 8.33. The number of nitrogens with one attached hydrogen (secondary N) is 1. The summed E-state index contributed by atoms with van der Waals surface area (Å²) in [4.78, 5) is 12.3. The molecule has 31 heavy (non-hydrogen) atoms. The Bertz CT molecular complexity index is 1110. The van der Waals surface area contributed by atoms with Crippen molar-refractivity contribution >= 4 is 50.9 Å². The van der Waals surface area contributed by atoms with E-state index in [9.17, 15) is 4.79 Å². The van der Waals surface area contributed by atoms with Gasteiger partial charge in [0.15, 0.2) is 11.0 Å². The van der Waals surface area contributed by atoms with Crippen molar-refractivity contribution < 1.29 is 4.79 Å². The van der Waals surface area contributed by atoms with Crippen LogP contribution in [0.4, 0.5) is 0 Å². The maximum atomic E-state index is 12.3. The molecule has 6 nitrogen and oxygen atoms in total. The van der Waals surface area contributed by atoms with Gasteiger partial charge in [-0.1, -0.05) is 75.7 Å². The highest BCUT2D eigenvalue weighted by Gasteiger charge is 2.16. The van der Waals surface area contributed by atoms with Crippen LogP contribution in [0, 0.1) is 0 Å². The second kappa shape index (κ2) is 10.7. The molecule has 2 aromatic carbocycles. The number of rotatable bonds is 8. The van der Waals surface area contributed by atoms with Gasteiger partial charge in [-0.3, -0.25) is 9.36 Å². The van der Waals surface area contributed by atoms with Crippen LogP contribution in [0.2, 0.25) is 5.02 Å². The van der Waals surface area contributed by atoms with Gasteiger partial charge in [-0.05, 0) is 43.7 Å². The second-order valence-corrected chi connectivity index (χ2v) is 9.18. The monoisotopic (exact) mass is 517 g/mol. The third-order valence-corrected chi connectivity index (χ3v) is 5.94. The van der Waals surface area contributed by atoms with Gasteiger partial charge in [0.2, 0.25) is 0 Å². The highest BCUT2D eigenvalue weighted by atomic mass is 79.9. The molecule has 0 spiro atoms. The quantitative estimate of drug-likeness (QED) is 0.183. The lowest BCUT2D eigenvalue weighted by molar-refractivity contribution is -0.118. The number of nitrogens with zero attached hydrogens (tertiary/aromatic N) is 4. The SMILES string of the molecule is C=C(C)Cn1c(SCC(=O)N/N=C(/C)c2ccc(Cl)cc2)nnc1-c1ccc(Br)cc1. The van der Waals surface area contributed by atoms with Gasteiger partial charge in [-0.15, -0.1) is 10.2 Å². The minimum absolute atomic E-state index is 0.159. The van der Waals surface area contributed by atoms with Crippen LogP contribution in [-0.4, -0.2) is 32.1 Å². The molecule has 0 saturated heterocycles. The van der Waals surface area contributed by atoms with Crippen LogP contribution in [-0.2, 0) is 11.3 Å². The highest BCUT2D eigenvalue weighted by molar-refractivity contribution is 9.10. The number of halogens is 2. The molecule has 0 atom stereocenters. The Hall–Kier alpha value is -2.42. The van der Waals surface area contributed by atoms with Gasteiger partial charge in [-0.2, -0.15) is 5.10 Å². The van der Waals surface area contributed by atoms with E-state index >= 15 is 0 Å². The molecule has 1 amide bonds. The summed E-state index contributed by atoms with van der Waals surface area (Å²) in [6.07, 6.45) is 0. The molecule has 160 valence electrons. The maximum Gasteiger partial charge on any atom is 0.250 e. The van der Waals surface area contributed by atoms with E-state index in [1.165, 1.54) is 11.8 Å². The smallest absolute Gasteiger partial charge is 0.250 e. The molecule has 1 N–H and O–H groups in total. The Kier molecular flexibility index (Phi) is 8.06. The molecule has 1 heterocycles. The Labute approximate surface area is 198 Å². The van der Waals surface area contributed by atoms with Gasteiger partial charge in [0.05, 0.1) is 11.5 Å². The standard InChI is InChI=1S/C22H21BrClN5OS/c1-14(2)12-29-21(17-4-8-18(23)9-5-17)27-28-22(29)31-13-20(30)26-25-15(3)16-6-10-19(24)11-7-16/h4-11H,1,12-13H2,2-3H3,(H,26,30)/b25-15-. The lowest BCUT2D eigenvalue weighted by Crippen LogP contribution is -2.21. The van der Waals surface area contributed by atoms with Crippen molar-refractivity contribution in [2.24, 2.45) is 5.10 Å². The van der Waals surface area contributed by atoms with Gasteiger partial charge in [0, 0.05) is 21.6 Å². The van der Waals surface area contributed by atoms with Crippen LogP contribution >= 0.6 is 39.3 Å². The van der Waals surface area contributed by atoms with Crippen molar-refractivity contribution in [3.63, 3.8) is 0 Å². The molecule has 0 aliphatic rings. The number of hydrogen-bond donors (Lipinski definition) is 1. The topological polar surface area (TPSA) is 72.2 Å². The number of amides is 1. The molecular weight excluding hydrogens is 498 g/mol. The van der Waals surface area contributed by atoms with E-state index in [4.69, 9.17) is 11.6 Å². The molecule has 0 bridgehead atoms. The molecule has 0 radical (unpaired) electrons. The molecule has 3 rings (SSSR count). The van der Waals surface area contributed by atoms with Crippen LogP contribution in [0.5, 0.6) is 0 Å². The van der Waals surface area contributed by atoms with Gasteiger partial charge in [-0.25, -0.2) is 5.43 Å². The Balaban J connectivity index is 1.68. The summed E-state index contributed by atoms with van der Waals surface area (Å²) in [5.41, 5.74) is 6.07. The van der Waals surface area contributed by atoms with Crippen molar-refractivity contribution in [2.75, 3.05) is 5.75 Å². The van der Waals surface area contributed by atoms with Crippen LogP contribution in [0.15, 0.2) is 75.4 Å². The van der Waals surface area contributed by atoms with E-state index in [2.05, 4.69) is 43.2 Å². The van der Waals surface area contributed by atoms with Crippen LogP contribution in [0.25, 0.3) is 11.4 Å². The normalized spacial score (nSPS) is 11.4. The third kappa shape index (κ3) is 6.53. The van der Waals surface area contributed by atoms with Crippen LogP contribution < -0.4 is 5.43 Å². The van der Waals surface area contributed by atoms with Crippen LogP contribution in [0.1, 0.15) is 19.4 Å². The lowest BCUT2D eigenvalue weighted by atomic mass is 10.1. The summed E-state index contributed by atoms with van der Waals surface area (Å²) < 4.78 is 2.95. The predicted molar refractivity (Wildman–Crippen MR) is 131 cm³/mol. The van der Waals surface area contributed by atoms with E-state index in [1.807, 2.05) is 54.8 Å². The molecule has 0 saturated carbocycles. The number of carbonyl (C=O) groups is 1. The number of allylic oxidation sites excluding steroid dienone is 1. The fourth-order valence-corrected chi connectivity index (χ4v) is 3.81. The maximum absolute atomic E-state index is 12.3. The first-order valence-electron chi connectivity index (χ1n) is 9.39. The highest BCUT2D eigenvalue weighted by Crippen LogP contribution is 2.26. The Morgan fingerprint density at radius 1 is 1.16 bits per heavy atom. The minimum Gasteiger partial charge on any atom is -0.298 e. The summed E-state index contributed by atoms with van der Waals surface area (Å²) >= 11 is 10.7. The fourth-order valence-electron chi connectivity index (χ4n) is 2.68. The van der Waals surface area contributed by atoms with E-state index in [0.29, 0.717) is 22.4 Å². The van der Waals surface area contributed by atoms with E-state index in [-0.39, 0.29) is 11.7 Å². The predicted octanol–water partition coefficient (Wildman–Crippen LogP) is 5.57. The van der Waals surface area contributed by atoms with Crippen molar-refractivity contribution in [2.45, 2.75) is 25.5 Å². The number of thioether (sulfide) groups is 1. The van der Waals surface area contributed by atoms with Crippen LogP contribution in [0.3, 0.4) is 0 Å². The van der Waals surface area contributed by atoms with Crippen molar-refractivity contribution in [3.05, 3.63) is 75.7 Å². The fraction of sp³-hybridized carbons (Fsp3) is 0.182. The van der Waals surface area contributed by atoms with Crippen molar-refractivity contribution in [1.29, 1.82) is 0 Å². The summed E-state index contributed by atoms with van der Waals surface area (Å²) in [7, 11) is 0. The summed E-state index contributed by atoms with van der Waals surface area (Å²) in [5.74, 6) is 0.662. The number of benzene rings is 2. The minimum atomic E-state index is -0.228.